The van der Waals surface area contributed by atoms with Gasteiger partial charge in [-0.2, -0.15) is 0 Å². The Morgan fingerprint density at radius 2 is 2.15 bits per heavy atom. The van der Waals surface area contributed by atoms with Crippen LogP contribution in [0.15, 0.2) is 31.0 Å². The Balaban J connectivity index is 3.06. The second-order valence-electron chi connectivity index (χ2n) is 2.31. The van der Waals surface area contributed by atoms with E-state index in [0.29, 0.717) is 17.1 Å². The van der Waals surface area contributed by atoms with E-state index in [1.807, 2.05) is 0 Å². The van der Waals surface area contributed by atoms with Crippen LogP contribution in [0.1, 0.15) is 10.4 Å². The number of ether oxygens (including phenoxy) is 2. The Bertz CT molecular complexity index is 318. The van der Waals surface area contributed by atoms with E-state index >= 15 is 0 Å². The minimum Gasteiger partial charge on any atom is -0.493 e. The van der Waals surface area contributed by atoms with Gasteiger partial charge in [-0.25, -0.2) is 0 Å². The van der Waals surface area contributed by atoms with Crippen LogP contribution < -0.4 is 9.47 Å². The van der Waals surface area contributed by atoms with Crippen molar-refractivity contribution in [1.29, 1.82) is 0 Å². The molecule has 1 rings (SSSR count). The molecule has 0 aliphatic heterocycles. The minimum absolute atomic E-state index is 0.518. The summed E-state index contributed by atoms with van der Waals surface area (Å²) in [4.78, 5) is 10.4. The average Bonchev–Trinajstić information content (AvgIpc) is 2.19. The third kappa shape index (κ3) is 2.08. The fraction of sp³-hybridized carbons (Fsp3) is 0.100. The van der Waals surface area contributed by atoms with Crippen LogP contribution >= 0.6 is 0 Å². The molecule has 0 heterocycles. The second kappa shape index (κ2) is 4.30. The first kappa shape index (κ1) is 9.32. The highest BCUT2D eigenvalue weighted by Crippen LogP contribution is 2.27. The Labute approximate surface area is 76.6 Å². The fourth-order valence-electron chi connectivity index (χ4n) is 0.945. The molecule has 68 valence electrons. The van der Waals surface area contributed by atoms with Crippen LogP contribution in [0.5, 0.6) is 11.5 Å². The number of hydrogen-bond acceptors (Lipinski definition) is 3. The highest BCUT2D eigenvalue weighted by atomic mass is 16.5. The van der Waals surface area contributed by atoms with Gasteiger partial charge in [-0.05, 0) is 18.2 Å². The van der Waals surface area contributed by atoms with Gasteiger partial charge in [0.15, 0.2) is 11.5 Å². The van der Waals surface area contributed by atoms with Crippen LogP contribution in [-0.4, -0.2) is 13.4 Å². The van der Waals surface area contributed by atoms with Gasteiger partial charge in [0.1, 0.15) is 6.29 Å². The monoisotopic (exact) mass is 178 g/mol. The lowest BCUT2D eigenvalue weighted by molar-refractivity contribution is 0.112. The van der Waals surface area contributed by atoms with Crippen molar-refractivity contribution in [2.45, 2.75) is 0 Å². The van der Waals surface area contributed by atoms with Gasteiger partial charge in [-0.15, -0.1) is 0 Å². The van der Waals surface area contributed by atoms with E-state index in [-0.39, 0.29) is 0 Å². The van der Waals surface area contributed by atoms with Crippen LogP contribution in [-0.2, 0) is 0 Å². The summed E-state index contributed by atoms with van der Waals surface area (Å²) in [6.07, 6.45) is 2.05. The third-order valence-corrected chi connectivity index (χ3v) is 1.53. The summed E-state index contributed by atoms with van der Waals surface area (Å²) in [5.41, 5.74) is 0.549. The molecule has 1 aromatic carbocycles. The van der Waals surface area contributed by atoms with Crippen molar-refractivity contribution in [2.75, 3.05) is 7.11 Å². The number of carbonyl (C=O) groups excluding carboxylic acids is 1. The zero-order valence-corrected chi connectivity index (χ0v) is 7.32. The van der Waals surface area contributed by atoms with Crippen LogP contribution in [0.4, 0.5) is 0 Å². The van der Waals surface area contributed by atoms with Crippen molar-refractivity contribution in [2.24, 2.45) is 0 Å². The first-order chi connectivity index (χ1) is 6.31. The van der Waals surface area contributed by atoms with Crippen LogP contribution in [0.3, 0.4) is 0 Å². The lowest BCUT2D eigenvalue weighted by atomic mass is 10.2. The maximum Gasteiger partial charge on any atom is 0.168 e. The summed E-state index contributed by atoms with van der Waals surface area (Å²) in [6, 6.07) is 4.91. The number of methoxy groups -OCH3 is 1. The van der Waals surface area contributed by atoms with Gasteiger partial charge in [0, 0.05) is 5.56 Å². The Kier molecular flexibility index (Phi) is 3.09. The van der Waals surface area contributed by atoms with Gasteiger partial charge in [0.05, 0.1) is 13.4 Å². The zero-order valence-electron chi connectivity index (χ0n) is 7.32. The molecule has 0 fully saturated rings. The lowest BCUT2D eigenvalue weighted by Gasteiger charge is -2.06. The summed E-state index contributed by atoms with van der Waals surface area (Å²) in [6.45, 7) is 3.43. The molecule has 0 unspecified atom stereocenters. The summed E-state index contributed by atoms with van der Waals surface area (Å²) < 4.78 is 10.1. The topological polar surface area (TPSA) is 35.5 Å². The quantitative estimate of drug-likeness (QED) is 0.522. The molecule has 1 aromatic rings. The summed E-state index contributed by atoms with van der Waals surface area (Å²) in [5.74, 6) is 1.06. The number of aldehydes is 1. The molecule has 0 radical (unpaired) electrons. The Morgan fingerprint density at radius 1 is 1.38 bits per heavy atom. The van der Waals surface area contributed by atoms with Gasteiger partial charge < -0.3 is 9.47 Å². The molecule has 0 saturated heterocycles. The molecular formula is C10H10O3. The van der Waals surface area contributed by atoms with Gasteiger partial charge in [0.25, 0.3) is 0 Å². The van der Waals surface area contributed by atoms with Gasteiger partial charge >= 0.3 is 0 Å². The maximum absolute atomic E-state index is 10.4. The first-order valence-electron chi connectivity index (χ1n) is 3.72. The largest absolute Gasteiger partial charge is 0.493 e. The SMILES string of the molecule is C=COc1ccc(C=O)cc1OC. The van der Waals surface area contributed by atoms with Crippen LogP contribution in [0.25, 0.3) is 0 Å². The van der Waals surface area contributed by atoms with Gasteiger partial charge in [0.2, 0.25) is 0 Å². The first-order valence-corrected chi connectivity index (χ1v) is 3.72. The molecule has 3 heteroatoms. The zero-order chi connectivity index (χ0) is 9.68. The molecule has 0 amide bonds. The van der Waals surface area contributed by atoms with Crippen molar-refractivity contribution < 1.29 is 14.3 Å². The molecule has 0 aliphatic carbocycles. The highest BCUT2D eigenvalue weighted by molar-refractivity contribution is 5.76. The molecule has 0 spiro atoms. The Hall–Kier alpha value is -1.77. The standard InChI is InChI=1S/C10H10O3/c1-3-13-9-5-4-8(7-11)6-10(9)12-2/h3-7H,1H2,2H3. The number of rotatable bonds is 4. The van der Waals surface area contributed by atoms with Gasteiger partial charge in [-0.3, -0.25) is 4.79 Å². The predicted octanol–water partition coefficient (Wildman–Crippen LogP) is 2.03. The molecule has 0 aromatic heterocycles. The van der Waals surface area contributed by atoms with Crippen molar-refractivity contribution in [3.63, 3.8) is 0 Å². The van der Waals surface area contributed by atoms with E-state index in [1.165, 1.54) is 13.4 Å². The summed E-state index contributed by atoms with van der Waals surface area (Å²) in [5, 5.41) is 0. The normalized spacial score (nSPS) is 9.00. The minimum atomic E-state index is 0.518. The summed E-state index contributed by atoms with van der Waals surface area (Å²) >= 11 is 0. The van der Waals surface area contributed by atoms with E-state index in [2.05, 4.69) is 6.58 Å². The van der Waals surface area contributed by atoms with Crippen molar-refractivity contribution in [3.8, 4) is 11.5 Å². The number of carbonyl (C=O) groups is 1. The van der Waals surface area contributed by atoms with Crippen molar-refractivity contribution in [3.05, 3.63) is 36.6 Å². The van der Waals surface area contributed by atoms with Crippen molar-refractivity contribution >= 4 is 6.29 Å². The average molecular weight is 178 g/mol. The molecule has 0 saturated carbocycles. The van der Waals surface area contributed by atoms with E-state index in [4.69, 9.17) is 9.47 Å². The van der Waals surface area contributed by atoms with E-state index in [1.54, 1.807) is 18.2 Å². The Morgan fingerprint density at radius 3 is 2.69 bits per heavy atom. The molecule has 3 nitrogen and oxygen atoms in total. The maximum atomic E-state index is 10.4. The molecule has 0 N–H and O–H groups in total. The highest BCUT2D eigenvalue weighted by Gasteiger charge is 2.03. The molecule has 0 atom stereocenters. The summed E-state index contributed by atoms with van der Waals surface area (Å²) in [7, 11) is 1.51. The predicted molar refractivity (Wildman–Crippen MR) is 49.2 cm³/mol. The van der Waals surface area contributed by atoms with E-state index in [0.717, 1.165) is 6.29 Å². The third-order valence-electron chi connectivity index (χ3n) is 1.53. The van der Waals surface area contributed by atoms with Crippen LogP contribution in [0.2, 0.25) is 0 Å². The van der Waals surface area contributed by atoms with E-state index < -0.39 is 0 Å². The fourth-order valence-corrected chi connectivity index (χ4v) is 0.945. The van der Waals surface area contributed by atoms with Crippen LogP contribution in [0, 0.1) is 0 Å². The molecule has 0 aliphatic rings. The molecule has 13 heavy (non-hydrogen) atoms. The number of benzene rings is 1. The van der Waals surface area contributed by atoms with Gasteiger partial charge in [-0.1, -0.05) is 6.58 Å². The molecular weight excluding hydrogens is 168 g/mol. The smallest absolute Gasteiger partial charge is 0.168 e. The molecule has 0 bridgehead atoms. The second-order valence-corrected chi connectivity index (χ2v) is 2.31. The lowest BCUT2D eigenvalue weighted by Crippen LogP contribution is -1.90. The van der Waals surface area contributed by atoms with E-state index in [9.17, 15) is 4.79 Å². The number of hydrogen-bond donors (Lipinski definition) is 0. The van der Waals surface area contributed by atoms with Crippen molar-refractivity contribution in [1.82, 2.24) is 0 Å².